The third kappa shape index (κ3) is 5.27. The summed E-state index contributed by atoms with van der Waals surface area (Å²) in [5.74, 6) is 0. The van der Waals surface area contributed by atoms with E-state index in [2.05, 4.69) is 65.8 Å². The van der Waals surface area contributed by atoms with Crippen molar-refractivity contribution in [3.8, 4) is 11.1 Å². The van der Waals surface area contributed by atoms with Gasteiger partial charge in [-0.15, -0.1) is 11.3 Å². The molecule has 0 amide bonds. The van der Waals surface area contributed by atoms with Crippen LogP contribution in [0.3, 0.4) is 0 Å². The first kappa shape index (κ1) is 16.2. The van der Waals surface area contributed by atoms with Crippen molar-refractivity contribution in [2.24, 2.45) is 0 Å². The van der Waals surface area contributed by atoms with Crippen molar-refractivity contribution < 1.29 is 0 Å². The standard InChI is InChI=1S/C18H26N2S/c1-3-11-20(4-2)12-10-19-14-18-13-17(15-21-18)16-8-6-5-7-9-16/h5-9,13,15,19H,3-4,10-12,14H2,1-2H3. The highest BCUT2D eigenvalue weighted by molar-refractivity contribution is 7.10. The van der Waals surface area contributed by atoms with E-state index < -0.39 is 0 Å². The maximum atomic E-state index is 3.56. The Labute approximate surface area is 132 Å². The fourth-order valence-electron chi connectivity index (χ4n) is 2.45. The summed E-state index contributed by atoms with van der Waals surface area (Å²) in [6, 6.07) is 12.9. The summed E-state index contributed by atoms with van der Waals surface area (Å²) in [6.45, 7) is 10.0. The third-order valence-corrected chi connectivity index (χ3v) is 4.59. The zero-order chi connectivity index (χ0) is 14.9. The molecule has 114 valence electrons. The molecular formula is C18H26N2S. The van der Waals surface area contributed by atoms with Gasteiger partial charge in [0.2, 0.25) is 0 Å². The van der Waals surface area contributed by atoms with Crippen LogP contribution in [0.4, 0.5) is 0 Å². The molecule has 21 heavy (non-hydrogen) atoms. The second-order valence-corrected chi connectivity index (χ2v) is 6.27. The van der Waals surface area contributed by atoms with Crippen LogP contribution >= 0.6 is 11.3 Å². The van der Waals surface area contributed by atoms with Crippen molar-refractivity contribution in [2.75, 3.05) is 26.2 Å². The first-order valence-electron chi connectivity index (χ1n) is 7.89. The second-order valence-electron chi connectivity index (χ2n) is 5.28. The molecule has 0 aliphatic heterocycles. The smallest absolute Gasteiger partial charge is 0.0300 e. The molecule has 1 aromatic carbocycles. The van der Waals surface area contributed by atoms with Crippen LogP contribution in [-0.2, 0) is 6.54 Å². The molecule has 0 saturated carbocycles. The quantitative estimate of drug-likeness (QED) is 0.697. The molecule has 3 heteroatoms. The SMILES string of the molecule is CCCN(CC)CCNCc1cc(-c2ccccc2)cs1. The van der Waals surface area contributed by atoms with Crippen molar-refractivity contribution in [1.29, 1.82) is 0 Å². The normalized spacial score (nSPS) is 11.2. The van der Waals surface area contributed by atoms with Gasteiger partial charge in [0, 0.05) is 24.5 Å². The summed E-state index contributed by atoms with van der Waals surface area (Å²) < 4.78 is 0. The molecule has 1 heterocycles. The fraction of sp³-hybridized carbons (Fsp3) is 0.444. The molecule has 2 aromatic rings. The first-order chi connectivity index (χ1) is 10.3. The number of rotatable bonds is 9. The van der Waals surface area contributed by atoms with E-state index in [1.165, 1.54) is 29.0 Å². The van der Waals surface area contributed by atoms with E-state index in [4.69, 9.17) is 0 Å². The molecule has 2 rings (SSSR count). The Morgan fingerprint density at radius 3 is 2.57 bits per heavy atom. The van der Waals surface area contributed by atoms with Crippen molar-refractivity contribution in [1.82, 2.24) is 10.2 Å². The average Bonchev–Trinajstić information content (AvgIpc) is 3.00. The number of likely N-dealkylation sites (N-methyl/N-ethyl adjacent to an activating group) is 1. The van der Waals surface area contributed by atoms with Gasteiger partial charge in [-0.1, -0.05) is 44.2 Å². The molecule has 0 aliphatic rings. The van der Waals surface area contributed by atoms with Crippen molar-refractivity contribution in [2.45, 2.75) is 26.8 Å². The average molecular weight is 302 g/mol. The number of nitrogens with one attached hydrogen (secondary N) is 1. The summed E-state index contributed by atoms with van der Waals surface area (Å²) in [5.41, 5.74) is 2.64. The lowest BCUT2D eigenvalue weighted by Gasteiger charge is -2.19. The minimum absolute atomic E-state index is 0.973. The number of benzene rings is 1. The van der Waals surface area contributed by atoms with Crippen LogP contribution in [0.15, 0.2) is 41.8 Å². The van der Waals surface area contributed by atoms with E-state index >= 15 is 0 Å². The molecule has 0 atom stereocenters. The number of nitrogens with zero attached hydrogens (tertiary/aromatic N) is 1. The summed E-state index contributed by atoms with van der Waals surface area (Å²) >= 11 is 1.84. The van der Waals surface area contributed by atoms with Crippen LogP contribution < -0.4 is 5.32 Å². The third-order valence-electron chi connectivity index (χ3n) is 3.65. The van der Waals surface area contributed by atoms with Crippen LogP contribution in [0.2, 0.25) is 0 Å². The zero-order valence-corrected chi connectivity index (χ0v) is 14.0. The van der Waals surface area contributed by atoms with Gasteiger partial charge in [0.1, 0.15) is 0 Å². The van der Waals surface area contributed by atoms with Crippen LogP contribution in [0, 0.1) is 0 Å². The molecule has 0 bridgehead atoms. The van der Waals surface area contributed by atoms with Gasteiger partial charge in [-0.05, 0) is 42.1 Å². The summed E-state index contributed by atoms with van der Waals surface area (Å²) in [7, 11) is 0. The van der Waals surface area contributed by atoms with Gasteiger partial charge in [0.05, 0.1) is 0 Å². The number of thiophene rings is 1. The molecule has 2 nitrogen and oxygen atoms in total. The highest BCUT2D eigenvalue weighted by Crippen LogP contribution is 2.25. The van der Waals surface area contributed by atoms with E-state index in [0.717, 1.165) is 26.2 Å². The van der Waals surface area contributed by atoms with Crippen molar-refractivity contribution in [3.63, 3.8) is 0 Å². The van der Waals surface area contributed by atoms with Gasteiger partial charge >= 0.3 is 0 Å². The lowest BCUT2D eigenvalue weighted by atomic mass is 10.1. The minimum atomic E-state index is 0.973. The largest absolute Gasteiger partial charge is 0.311 e. The molecule has 0 saturated heterocycles. The van der Waals surface area contributed by atoms with Crippen molar-refractivity contribution >= 4 is 11.3 Å². The molecule has 0 unspecified atom stereocenters. The van der Waals surface area contributed by atoms with Gasteiger partial charge in [-0.2, -0.15) is 0 Å². The van der Waals surface area contributed by atoms with Crippen LogP contribution in [0.1, 0.15) is 25.1 Å². The summed E-state index contributed by atoms with van der Waals surface area (Å²) in [5, 5.41) is 5.81. The first-order valence-corrected chi connectivity index (χ1v) is 8.77. The monoisotopic (exact) mass is 302 g/mol. The Kier molecular flexibility index (Phi) is 6.93. The molecule has 0 spiro atoms. The van der Waals surface area contributed by atoms with Crippen LogP contribution in [0.25, 0.3) is 11.1 Å². The number of hydrogen-bond acceptors (Lipinski definition) is 3. The predicted octanol–water partition coefficient (Wildman–Crippen LogP) is 4.24. The zero-order valence-electron chi connectivity index (χ0n) is 13.1. The Morgan fingerprint density at radius 2 is 1.86 bits per heavy atom. The molecule has 0 fully saturated rings. The maximum absolute atomic E-state index is 3.56. The minimum Gasteiger partial charge on any atom is -0.311 e. The maximum Gasteiger partial charge on any atom is 0.0300 e. The van der Waals surface area contributed by atoms with E-state index in [0.29, 0.717) is 0 Å². The Morgan fingerprint density at radius 1 is 1.05 bits per heavy atom. The van der Waals surface area contributed by atoms with E-state index in [1.54, 1.807) is 0 Å². The molecule has 0 aliphatic carbocycles. The predicted molar refractivity (Wildman–Crippen MR) is 93.9 cm³/mol. The van der Waals surface area contributed by atoms with E-state index in [9.17, 15) is 0 Å². The number of hydrogen-bond donors (Lipinski definition) is 1. The summed E-state index contributed by atoms with van der Waals surface area (Å²) in [6.07, 6.45) is 1.24. The lowest BCUT2D eigenvalue weighted by molar-refractivity contribution is 0.287. The Hall–Kier alpha value is -1.16. The van der Waals surface area contributed by atoms with Crippen LogP contribution in [0.5, 0.6) is 0 Å². The van der Waals surface area contributed by atoms with E-state index in [-0.39, 0.29) is 0 Å². The Bertz CT molecular complexity index is 507. The lowest BCUT2D eigenvalue weighted by Crippen LogP contribution is -2.32. The molecular weight excluding hydrogens is 276 g/mol. The van der Waals surface area contributed by atoms with E-state index in [1.807, 2.05) is 11.3 Å². The van der Waals surface area contributed by atoms with Crippen molar-refractivity contribution in [3.05, 3.63) is 46.7 Å². The van der Waals surface area contributed by atoms with Gasteiger partial charge in [-0.25, -0.2) is 0 Å². The van der Waals surface area contributed by atoms with Crippen LogP contribution in [-0.4, -0.2) is 31.1 Å². The van der Waals surface area contributed by atoms with Gasteiger partial charge in [0.15, 0.2) is 0 Å². The Balaban J connectivity index is 1.76. The van der Waals surface area contributed by atoms with Gasteiger partial charge < -0.3 is 10.2 Å². The van der Waals surface area contributed by atoms with Gasteiger partial charge in [0.25, 0.3) is 0 Å². The highest BCUT2D eigenvalue weighted by atomic mass is 32.1. The molecule has 1 aromatic heterocycles. The fourth-order valence-corrected chi connectivity index (χ4v) is 3.31. The van der Waals surface area contributed by atoms with Gasteiger partial charge in [-0.3, -0.25) is 0 Å². The second kappa shape index (κ2) is 8.98. The molecule has 1 N–H and O–H groups in total. The highest BCUT2D eigenvalue weighted by Gasteiger charge is 2.03. The topological polar surface area (TPSA) is 15.3 Å². The molecule has 0 radical (unpaired) electrons. The summed E-state index contributed by atoms with van der Waals surface area (Å²) in [4.78, 5) is 3.91.